The highest BCUT2D eigenvalue weighted by Crippen LogP contribution is 2.29. The molecule has 226 valence electrons. The number of carbonyl (C=O) groups is 1. The normalized spacial score (nSPS) is 12.4. The molecule has 10 nitrogen and oxygen atoms in total. The Balaban J connectivity index is 1.08. The molecule has 1 unspecified atom stereocenters. The van der Waals surface area contributed by atoms with Crippen molar-refractivity contribution < 1.29 is 29.6 Å². The lowest BCUT2D eigenvalue weighted by Crippen LogP contribution is -2.27. The average Bonchev–Trinajstić information content (AvgIpc) is 3.03. The SMILES string of the molecule is O=C(O)N[C@@H](c1ccccc1)c1cccc(OCCOc2ccc(CNCC(O)c3ccc(O)c4[nH]c(=O)ccc34)cc2)c1. The number of phenols is 1. The molecular weight excluding hydrogens is 562 g/mol. The monoisotopic (exact) mass is 595 g/mol. The summed E-state index contributed by atoms with van der Waals surface area (Å²) in [6.45, 7) is 1.40. The molecule has 1 aromatic heterocycles. The zero-order valence-corrected chi connectivity index (χ0v) is 23.8. The lowest BCUT2D eigenvalue weighted by atomic mass is 9.99. The van der Waals surface area contributed by atoms with Gasteiger partial charge in [-0.25, -0.2) is 4.79 Å². The number of fused-ring (bicyclic) bond motifs is 1. The molecule has 0 saturated carbocycles. The number of rotatable bonds is 13. The molecule has 0 saturated heterocycles. The minimum atomic E-state index is -1.11. The van der Waals surface area contributed by atoms with E-state index >= 15 is 0 Å². The van der Waals surface area contributed by atoms with Gasteiger partial charge in [0.15, 0.2) is 0 Å². The number of carboxylic acid groups (broad SMARTS) is 1. The number of benzene rings is 4. The summed E-state index contributed by atoms with van der Waals surface area (Å²) in [5, 5.41) is 36.5. The first kappa shape index (κ1) is 30.1. The molecule has 44 heavy (non-hydrogen) atoms. The van der Waals surface area contributed by atoms with Gasteiger partial charge in [-0.2, -0.15) is 0 Å². The van der Waals surface area contributed by atoms with Gasteiger partial charge in [-0.3, -0.25) is 4.79 Å². The Hall–Kier alpha value is -5.32. The molecule has 5 aromatic rings. The topological polar surface area (TPSA) is 153 Å². The fraction of sp³-hybridized carbons (Fsp3) is 0.176. The van der Waals surface area contributed by atoms with Crippen LogP contribution >= 0.6 is 0 Å². The van der Waals surface area contributed by atoms with Crippen molar-refractivity contribution in [2.75, 3.05) is 19.8 Å². The van der Waals surface area contributed by atoms with Gasteiger partial charge in [-0.1, -0.05) is 60.7 Å². The highest BCUT2D eigenvalue weighted by atomic mass is 16.5. The van der Waals surface area contributed by atoms with Crippen LogP contribution in [0.5, 0.6) is 17.2 Å². The molecule has 1 amide bonds. The molecule has 1 heterocycles. The fourth-order valence-electron chi connectivity index (χ4n) is 4.95. The number of aromatic nitrogens is 1. The molecule has 0 fully saturated rings. The van der Waals surface area contributed by atoms with Crippen molar-refractivity contribution in [3.05, 3.63) is 136 Å². The summed E-state index contributed by atoms with van der Waals surface area (Å²) in [5.41, 5.74) is 3.17. The largest absolute Gasteiger partial charge is 0.506 e. The number of ether oxygens (including phenoxy) is 2. The summed E-state index contributed by atoms with van der Waals surface area (Å²) in [5.74, 6) is 1.24. The second-order valence-electron chi connectivity index (χ2n) is 10.1. The summed E-state index contributed by atoms with van der Waals surface area (Å²) in [4.78, 5) is 25.6. The summed E-state index contributed by atoms with van der Waals surface area (Å²) in [7, 11) is 0. The van der Waals surface area contributed by atoms with E-state index in [1.165, 1.54) is 12.1 Å². The van der Waals surface area contributed by atoms with E-state index in [4.69, 9.17) is 9.47 Å². The molecule has 4 aromatic carbocycles. The second-order valence-corrected chi connectivity index (χ2v) is 10.1. The standard InChI is InChI=1S/C34H33N3O7/c38-29-15-13-27(28-14-16-31(40)36-33(28)29)30(39)21-35-20-22-9-11-25(12-10-22)43-17-18-44-26-8-4-7-24(19-26)32(37-34(41)42)23-5-2-1-3-6-23/h1-16,19,30,32,35,37-39H,17-18,20-21H2,(H,36,40)(H,41,42)/t30?,32-/m0/s1. The Morgan fingerprint density at radius 3 is 2.30 bits per heavy atom. The second kappa shape index (κ2) is 14.2. The summed E-state index contributed by atoms with van der Waals surface area (Å²) in [6.07, 6.45) is -1.95. The minimum absolute atomic E-state index is 0.0489. The molecule has 0 aliphatic carbocycles. The Morgan fingerprint density at radius 2 is 1.55 bits per heavy atom. The Morgan fingerprint density at radius 1 is 0.818 bits per heavy atom. The maximum atomic E-state index is 11.6. The van der Waals surface area contributed by atoms with Crippen LogP contribution in [0.4, 0.5) is 4.79 Å². The van der Waals surface area contributed by atoms with Crippen LogP contribution in [0.3, 0.4) is 0 Å². The highest BCUT2D eigenvalue weighted by Gasteiger charge is 2.17. The molecule has 0 radical (unpaired) electrons. The Labute approximate surface area is 253 Å². The van der Waals surface area contributed by atoms with Crippen molar-refractivity contribution in [2.24, 2.45) is 0 Å². The van der Waals surface area contributed by atoms with E-state index in [0.717, 1.165) is 16.7 Å². The molecule has 10 heteroatoms. The molecule has 0 bridgehead atoms. The average molecular weight is 596 g/mol. The van der Waals surface area contributed by atoms with Gasteiger partial charge in [0.2, 0.25) is 5.56 Å². The van der Waals surface area contributed by atoms with Crippen LogP contribution in [0.1, 0.15) is 34.4 Å². The maximum Gasteiger partial charge on any atom is 0.405 e. The maximum absolute atomic E-state index is 11.6. The van der Waals surface area contributed by atoms with Crippen molar-refractivity contribution >= 4 is 17.0 Å². The van der Waals surface area contributed by atoms with E-state index in [1.54, 1.807) is 12.1 Å². The van der Waals surface area contributed by atoms with Gasteiger partial charge in [0.1, 0.15) is 30.5 Å². The van der Waals surface area contributed by atoms with Crippen LogP contribution in [0.15, 0.2) is 108 Å². The molecule has 0 aliphatic rings. The number of aliphatic hydroxyl groups excluding tert-OH is 1. The van der Waals surface area contributed by atoms with E-state index in [1.807, 2.05) is 78.9 Å². The third-order valence-electron chi connectivity index (χ3n) is 7.07. The van der Waals surface area contributed by atoms with Crippen LogP contribution in [0.2, 0.25) is 0 Å². The number of hydrogen-bond donors (Lipinski definition) is 6. The number of nitrogens with one attached hydrogen (secondary N) is 3. The zero-order valence-electron chi connectivity index (χ0n) is 23.8. The van der Waals surface area contributed by atoms with E-state index in [2.05, 4.69) is 15.6 Å². The minimum Gasteiger partial charge on any atom is -0.506 e. The lowest BCUT2D eigenvalue weighted by Gasteiger charge is -2.19. The number of H-pyrrole nitrogens is 1. The number of aromatic hydroxyl groups is 1. The molecule has 0 spiro atoms. The van der Waals surface area contributed by atoms with Crippen LogP contribution in [0.25, 0.3) is 10.9 Å². The van der Waals surface area contributed by atoms with Gasteiger partial charge in [0, 0.05) is 24.5 Å². The fourth-order valence-corrected chi connectivity index (χ4v) is 4.95. The van der Waals surface area contributed by atoms with Gasteiger partial charge in [-0.15, -0.1) is 0 Å². The number of pyridine rings is 1. The van der Waals surface area contributed by atoms with Crippen LogP contribution in [-0.2, 0) is 6.54 Å². The van der Waals surface area contributed by atoms with E-state index in [9.17, 15) is 24.9 Å². The van der Waals surface area contributed by atoms with E-state index < -0.39 is 18.2 Å². The van der Waals surface area contributed by atoms with Crippen molar-refractivity contribution in [3.8, 4) is 17.2 Å². The summed E-state index contributed by atoms with van der Waals surface area (Å²) in [6, 6.07) is 29.8. The van der Waals surface area contributed by atoms with Gasteiger partial charge in [-0.05, 0) is 58.7 Å². The van der Waals surface area contributed by atoms with Gasteiger partial charge in [0.25, 0.3) is 0 Å². The van der Waals surface area contributed by atoms with Gasteiger partial charge < -0.3 is 40.4 Å². The predicted molar refractivity (Wildman–Crippen MR) is 166 cm³/mol. The quantitative estimate of drug-likeness (QED) is 0.105. The Kier molecular flexibility index (Phi) is 9.75. The zero-order chi connectivity index (χ0) is 30.9. The number of phenolic OH excluding ortho intramolecular Hbond substituents is 1. The molecular formula is C34H33N3O7. The first-order valence-electron chi connectivity index (χ1n) is 14.1. The predicted octanol–water partition coefficient (Wildman–Crippen LogP) is 4.87. The highest BCUT2D eigenvalue weighted by molar-refractivity contribution is 5.87. The number of amides is 1. The van der Waals surface area contributed by atoms with Crippen molar-refractivity contribution in [3.63, 3.8) is 0 Å². The Bertz CT molecular complexity index is 1760. The third-order valence-corrected chi connectivity index (χ3v) is 7.07. The van der Waals surface area contributed by atoms with Crippen molar-refractivity contribution in [1.29, 1.82) is 0 Å². The number of aliphatic hydroxyl groups is 1. The first-order valence-corrected chi connectivity index (χ1v) is 14.1. The van der Waals surface area contributed by atoms with Crippen LogP contribution in [-0.4, -0.2) is 46.2 Å². The van der Waals surface area contributed by atoms with Gasteiger partial charge >= 0.3 is 6.09 Å². The van der Waals surface area contributed by atoms with Gasteiger partial charge in [0.05, 0.1) is 17.7 Å². The van der Waals surface area contributed by atoms with Crippen molar-refractivity contribution in [1.82, 2.24) is 15.6 Å². The van der Waals surface area contributed by atoms with Crippen LogP contribution < -0.4 is 25.7 Å². The van der Waals surface area contributed by atoms with Crippen LogP contribution in [0, 0.1) is 0 Å². The smallest absolute Gasteiger partial charge is 0.405 e. The first-order chi connectivity index (χ1) is 21.4. The summed E-state index contributed by atoms with van der Waals surface area (Å²) < 4.78 is 11.7. The van der Waals surface area contributed by atoms with E-state index in [0.29, 0.717) is 47.7 Å². The third kappa shape index (κ3) is 7.74. The lowest BCUT2D eigenvalue weighted by molar-refractivity contribution is 0.176. The molecule has 0 aliphatic heterocycles. The molecule has 5 rings (SSSR count). The number of hydrogen-bond acceptors (Lipinski definition) is 7. The summed E-state index contributed by atoms with van der Waals surface area (Å²) >= 11 is 0. The van der Waals surface area contributed by atoms with E-state index in [-0.39, 0.29) is 17.9 Å². The molecule has 2 atom stereocenters. The van der Waals surface area contributed by atoms with Crippen molar-refractivity contribution in [2.45, 2.75) is 18.7 Å². The number of aromatic amines is 1. The molecule has 6 N–H and O–H groups in total.